The highest BCUT2D eigenvalue weighted by atomic mass is 79.9. The Kier molecular flexibility index (Phi) is 3.93. The third-order valence-corrected chi connectivity index (χ3v) is 2.95. The maximum absolute atomic E-state index is 5.54. The van der Waals surface area contributed by atoms with Crippen molar-refractivity contribution in [1.29, 1.82) is 0 Å². The Morgan fingerprint density at radius 2 is 2.41 bits per heavy atom. The molecular weight excluding hydrogens is 286 g/mol. The second-order valence-electron chi connectivity index (χ2n) is 3.56. The van der Waals surface area contributed by atoms with E-state index in [0.29, 0.717) is 11.1 Å². The Morgan fingerprint density at radius 3 is 3.00 bits per heavy atom. The number of furan rings is 1. The van der Waals surface area contributed by atoms with Gasteiger partial charge in [-0.2, -0.15) is 5.10 Å². The van der Waals surface area contributed by atoms with Crippen LogP contribution < -0.4 is 11.3 Å². The summed E-state index contributed by atoms with van der Waals surface area (Å²) in [6.45, 7) is 2.81. The second kappa shape index (κ2) is 5.44. The SMILES string of the molecule is CCn1ncnc1CC(NN)c1ccc(Br)o1. The lowest BCUT2D eigenvalue weighted by Crippen LogP contribution is -2.30. The lowest BCUT2D eigenvalue weighted by atomic mass is 10.1. The quantitative estimate of drug-likeness (QED) is 0.644. The van der Waals surface area contributed by atoms with Crippen LogP contribution in [-0.4, -0.2) is 14.8 Å². The van der Waals surface area contributed by atoms with Gasteiger partial charge in [-0.1, -0.05) is 0 Å². The average molecular weight is 300 g/mol. The number of nitrogens with one attached hydrogen (secondary N) is 1. The minimum atomic E-state index is -0.115. The lowest BCUT2D eigenvalue weighted by Gasteiger charge is -2.12. The van der Waals surface area contributed by atoms with Crippen LogP contribution in [0.3, 0.4) is 0 Å². The van der Waals surface area contributed by atoms with Gasteiger partial charge in [-0.3, -0.25) is 10.5 Å². The van der Waals surface area contributed by atoms with Crippen LogP contribution in [0.25, 0.3) is 0 Å². The summed E-state index contributed by atoms with van der Waals surface area (Å²) < 4.78 is 8.00. The van der Waals surface area contributed by atoms with Crippen molar-refractivity contribution in [3.8, 4) is 0 Å². The number of hydrazine groups is 1. The first-order chi connectivity index (χ1) is 8.24. The van der Waals surface area contributed by atoms with Crippen LogP contribution in [0.2, 0.25) is 0 Å². The number of aromatic nitrogens is 3. The molecule has 2 heterocycles. The minimum Gasteiger partial charge on any atom is -0.453 e. The smallest absolute Gasteiger partial charge is 0.169 e. The Bertz CT molecular complexity index is 481. The zero-order chi connectivity index (χ0) is 12.3. The summed E-state index contributed by atoms with van der Waals surface area (Å²) in [7, 11) is 0. The summed E-state index contributed by atoms with van der Waals surface area (Å²) in [5, 5.41) is 4.12. The molecule has 0 spiro atoms. The summed E-state index contributed by atoms with van der Waals surface area (Å²) in [6.07, 6.45) is 2.18. The molecule has 0 aromatic carbocycles. The van der Waals surface area contributed by atoms with Crippen molar-refractivity contribution in [2.75, 3.05) is 0 Å². The summed E-state index contributed by atoms with van der Waals surface area (Å²) in [5.41, 5.74) is 2.73. The zero-order valence-electron chi connectivity index (χ0n) is 9.43. The number of rotatable bonds is 5. The van der Waals surface area contributed by atoms with Crippen LogP contribution in [-0.2, 0) is 13.0 Å². The molecular formula is C10H14BrN5O. The van der Waals surface area contributed by atoms with Gasteiger partial charge in [0, 0.05) is 13.0 Å². The van der Waals surface area contributed by atoms with Gasteiger partial charge in [0.2, 0.25) is 0 Å². The molecule has 17 heavy (non-hydrogen) atoms. The fourth-order valence-electron chi connectivity index (χ4n) is 1.65. The summed E-state index contributed by atoms with van der Waals surface area (Å²) in [5.74, 6) is 7.19. The summed E-state index contributed by atoms with van der Waals surface area (Å²) >= 11 is 3.27. The van der Waals surface area contributed by atoms with Crippen molar-refractivity contribution in [3.05, 3.63) is 34.7 Å². The number of halogens is 1. The van der Waals surface area contributed by atoms with E-state index in [1.54, 1.807) is 6.33 Å². The van der Waals surface area contributed by atoms with E-state index in [2.05, 4.69) is 31.4 Å². The van der Waals surface area contributed by atoms with Gasteiger partial charge in [0.25, 0.3) is 0 Å². The van der Waals surface area contributed by atoms with E-state index in [9.17, 15) is 0 Å². The van der Waals surface area contributed by atoms with Crippen molar-refractivity contribution in [3.63, 3.8) is 0 Å². The van der Waals surface area contributed by atoms with E-state index in [-0.39, 0.29) is 6.04 Å². The van der Waals surface area contributed by atoms with Crippen LogP contribution in [0.4, 0.5) is 0 Å². The molecule has 0 radical (unpaired) electrons. The molecule has 3 N–H and O–H groups in total. The molecule has 0 amide bonds. The highest BCUT2D eigenvalue weighted by molar-refractivity contribution is 9.10. The highest BCUT2D eigenvalue weighted by Crippen LogP contribution is 2.22. The molecule has 92 valence electrons. The monoisotopic (exact) mass is 299 g/mol. The number of hydrogen-bond acceptors (Lipinski definition) is 5. The van der Waals surface area contributed by atoms with Crippen molar-refractivity contribution in [2.45, 2.75) is 25.9 Å². The normalized spacial score (nSPS) is 12.9. The van der Waals surface area contributed by atoms with Crippen molar-refractivity contribution >= 4 is 15.9 Å². The molecule has 2 aromatic heterocycles. The van der Waals surface area contributed by atoms with E-state index in [0.717, 1.165) is 18.1 Å². The molecule has 0 aliphatic heterocycles. The molecule has 2 aromatic rings. The molecule has 0 saturated heterocycles. The Labute approximate surface area is 107 Å². The fraction of sp³-hybridized carbons (Fsp3) is 0.400. The van der Waals surface area contributed by atoms with Gasteiger partial charge in [-0.15, -0.1) is 0 Å². The maximum atomic E-state index is 5.54. The van der Waals surface area contributed by atoms with Gasteiger partial charge in [0.1, 0.15) is 17.9 Å². The van der Waals surface area contributed by atoms with Gasteiger partial charge in [0.15, 0.2) is 4.67 Å². The van der Waals surface area contributed by atoms with Crippen LogP contribution >= 0.6 is 15.9 Å². The van der Waals surface area contributed by atoms with Gasteiger partial charge < -0.3 is 4.42 Å². The Morgan fingerprint density at radius 1 is 1.59 bits per heavy atom. The van der Waals surface area contributed by atoms with E-state index >= 15 is 0 Å². The summed E-state index contributed by atoms with van der Waals surface area (Å²) in [4.78, 5) is 4.21. The molecule has 7 heteroatoms. The molecule has 6 nitrogen and oxygen atoms in total. The van der Waals surface area contributed by atoms with Crippen LogP contribution in [0.5, 0.6) is 0 Å². The van der Waals surface area contributed by atoms with Crippen molar-refractivity contribution in [1.82, 2.24) is 20.2 Å². The van der Waals surface area contributed by atoms with Crippen molar-refractivity contribution in [2.24, 2.45) is 5.84 Å². The van der Waals surface area contributed by atoms with E-state index in [1.165, 1.54) is 0 Å². The molecule has 1 atom stereocenters. The topological polar surface area (TPSA) is 81.9 Å². The van der Waals surface area contributed by atoms with Gasteiger partial charge in [-0.25, -0.2) is 10.4 Å². The summed E-state index contributed by atoms with van der Waals surface area (Å²) in [6, 6.07) is 3.60. The number of aryl methyl sites for hydroxylation is 1. The van der Waals surface area contributed by atoms with E-state index < -0.39 is 0 Å². The molecule has 0 aliphatic carbocycles. The van der Waals surface area contributed by atoms with Gasteiger partial charge in [-0.05, 0) is 35.0 Å². The maximum Gasteiger partial charge on any atom is 0.169 e. The third-order valence-electron chi connectivity index (χ3n) is 2.52. The lowest BCUT2D eigenvalue weighted by molar-refractivity contribution is 0.395. The van der Waals surface area contributed by atoms with Crippen LogP contribution in [0.1, 0.15) is 24.6 Å². The minimum absolute atomic E-state index is 0.115. The van der Waals surface area contributed by atoms with E-state index in [1.807, 2.05) is 23.7 Å². The number of nitrogens with zero attached hydrogens (tertiary/aromatic N) is 3. The zero-order valence-corrected chi connectivity index (χ0v) is 11.0. The third kappa shape index (κ3) is 2.74. The van der Waals surface area contributed by atoms with E-state index in [4.69, 9.17) is 10.3 Å². The molecule has 0 aliphatic rings. The van der Waals surface area contributed by atoms with Gasteiger partial charge >= 0.3 is 0 Å². The highest BCUT2D eigenvalue weighted by Gasteiger charge is 2.17. The number of nitrogens with two attached hydrogens (primary N) is 1. The second-order valence-corrected chi connectivity index (χ2v) is 4.34. The van der Waals surface area contributed by atoms with Crippen LogP contribution in [0, 0.1) is 0 Å². The molecule has 0 fully saturated rings. The predicted octanol–water partition coefficient (Wildman–Crippen LogP) is 1.40. The fourth-order valence-corrected chi connectivity index (χ4v) is 1.97. The number of hydrogen-bond donors (Lipinski definition) is 2. The standard InChI is InChI=1S/C10H14BrN5O/c1-2-16-10(13-6-14-16)5-7(15-12)8-3-4-9(11)17-8/h3-4,6-7,15H,2,5,12H2,1H3. The molecule has 1 unspecified atom stereocenters. The first-order valence-corrected chi connectivity index (χ1v) is 6.12. The molecule has 0 saturated carbocycles. The Hall–Kier alpha value is -1.18. The predicted molar refractivity (Wildman–Crippen MR) is 65.9 cm³/mol. The first kappa shape index (κ1) is 12.3. The largest absolute Gasteiger partial charge is 0.453 e. The van der Waals surface area contributed by atoms with Gasteiger partial charge in [0.05, 0.1) is 6.04 Å². The molecule has 0 bridgehead atoms. The average Bonchev–Trinajstić information content (AvgIpc) is 2.94. The molecule has 2 rings (SSSR count). The Balaban J connectivity index is 2.15. The van der Waals surface area contributed by atoms with Crippen molar-refractivity contribution < 1.29 is 4.42 Å². The van der Waals surface area contributed by atoms with Crippen LogP contribution in [0.15, 0.2) is 27.5 Å². The first-order valence-electron chi connectivity index (χ1n) is 5.32.